The molecule has 0 unspecified atom stereocenters. The van der Waals surface area contributed by atoms with Gasteiger partial charge < -0.3 is 9.84 Å². The first kappa shape index (κ1) is 8.85. The predicted octanol–water partition coefficient (Wildman–Crippen LogP) is 2.24. The normalized spacial score (nSPS) is 26.6. The smallest absolute Gasteiger partial charge is 0.138 e. The summed E-state index contributed by atoms with van der Waals surface area (Å²) in [6, 6.07) is 7.39. The first-order valence-electron chi connectivity index (χ1n) is 4.35. The molecule has 0 heterocycles. The highest BCUT2D eigenvalue weighted by Gasteiger charge is 2.29. The van der Waals surface area contributed by atoms with Crippen molar-refractivity contribution in [2.45, 2.75) is 25.0 Å². The van der Waals surface area contributed by atoms with Crippen molar-refractivity contribution >= 4 is 11.6 Å². The van der Waals surface area contributed by atoms with Crippen molar-refractivity contribution < 1.29 is 9.84 Å². The molecule has 1 saturated carbocycles. The van der Waals surface area contributed by atoms with Gasteiger partial charge in [-0.25, -0.2) is 0 Å². The summed E-state index contributed by atoms with van der Waals surface area (Å²) in [7, 11) is 0. The van der Waals surface area contributed by atoms with Crippen molar-refractivity contribution in [3.63, 3.8) is 0 Å². The first-order chi connectivity index (χ1) is 6.25. The third kappa shape index (κ3) is 1.95. The molecule has 13 heavy (non-hydrogen) atoms. The van der Waals surface area contributed by atoms with E-state index in [-0.39, 0.29) is 12.2 Å². The van der Waals surface area contributed by atoms with Gasteiger partial charge in [0, 0.05) is 12.8 Å². The van der Waals surface area contributed by atoms with Crippen LogP contribution in [0.2, 0.25) is 5.02 Å². The number of hydrogen-bond acceptors (Lipinski definition) is 2. The second-order valence-corrected chi connectivity index (χ2v) is 3.70. The van der Waals surface area contributed by atoms with E-state index in [1.54, 1.807) is 6.07 Å². The van der Waals surface area contributed by atoms with E-state index >= 15 is 0 Å². The van der Waals surface area contributed by atoms with Crippen molar-refractivity contribution in [3.8, 4) is 5.75 Å². The quantitative estimate of drug-likeness (QED) is 0.790. The lowest BCUT2D eigenvalue weighted by molar-refractivity contribution is -0.0107. The predicted molar refractivity (Wildman–Crippen MR) is 51.1 cm³/mol. The maximum atomic E-state index is 9.05. The molecule has 1 fully saturated rings. The van der Waals surface area contributed by atoms with E-state index in [0.717, 1.165) is 0 Å². The standard InChI is InChI=1S/C10H11ClO2/c11-9-3-1-2-4-10(9)13-8-5-7(12)6-8/h1-4,7-8,12H,5-6H2. The molecular formula is C10H11ClO2. The van der Waals surface area contributed by atoms with E-state index in [1.165, 1.54) is 0 Å². The summed E-state index contributed by atoms with van der Waals surface area (Å²) in [5.74, 6) is 0.709. The third-order valence-electron chi connectivity index (χ3n) is 2.20. The molecule has 1 N–H and O–H groups in total. The lowest BCUT2D eigenvalue weighted by Gasteiger charge is -2.31. The van der Waals surface area contributed by atoms with Gasteiger partial charge >= 0.3 is 0 Å². The Kier molecular flexibility index (Phi) is 2.42. The van der Waals surface area contributed by atoms with Crippen molar-refractivity contribution in [1.29, 1.82) is 0 Å². The van der Waals surface area contributed by atoms with Crippen LogP contribution in [-0.4, -0.2) is 17.3 Å². The summed E-state index contributed by atoms with van der Waals surface area (Å²) in [5, 5.41) is 9.68. The van der Waals surface area contributed by atoms with E-state index in [9.17, 15) is 0 Å². The Morgan fingerprint density at radius 3 is 2.62 bits per heavy atom. The van der Waals surface area contributed by atoms with E-state index in [2.05, 4.69) is 0 Å². The minimum absolute atomic E-state index is 0.134. The zero-order chi connectivity index (χ0) is 9.26. The van der Waals surface area contributed by atoms with Gasteiger partial charge in [-0.15, -0.1) is 0 Å². The van der Waals surface area contributed by atoms with Gasteiger partial charge in [-0.05, 0) is 12.1 Å². The average molecular weight is 199 g/mol. The number of para-hydroxylation sites is 1. The molecule has 1 aromatic rings. The van der Waals surface area contributed by atoms with Crippen molar-refractivity contribution in [1.82, 2.24) is 0 Å². The fraction of sp³-hybridized carbons (Fsp3) is 0.400. The van der Waals surface area contributed by atoms with Crippen molar-refractivity contribution in [3.05, 3.63) is 29.3 Å². The topological polar surface area (TPSA) is 29.5 Å². The molecule has 2 nitrogen and oxygen atoms in total. The fourth-order valence-electron chi connectivity index (χ4n) is 1.35. The number of aliphatic hydroxyl groups excluding tert-OH is 1. The van der Waals surface area contributed by atoms with Crippen molar-refractivity contribution in [2.24, 2.45) is 0 Å². The van der Waals surface area contributed by atoms with Crippen LogP contribution in [0, 0.1) is 0 Å². The minimum atomic E-state index is -0.188. The van der Waals surface area contributed by atoms with Gasteiger partial charge in [0.2, 0.25) is 0 Å². The molecule has 3 heteroatoms. The zero-order valence-corrected chi connectivity index (χ0v) is 7.87. The van der Waals surface area contributed by atoms with Gasteiger partial charge in [0.05, 0.1) is 11.1 Å². The van der Waals surface area contributed by atoms with E-state index in [0.29, 0.717) is 23.6 Å². The molecule has 2 rings (SSSR count). The SMILES string of the molecule is OC1CC(Oc2ccccc2Cl)C1. The number of rotatable bonds is 2. The molecule has 0 aromatic heterocycles. The van der Waals surface area contributed by atoms with Crippen LogP contribution in [0.4, 0.5) is 0 Å². The first-order valence-corrected chi connectivity index (χ1v) is 4.73. The Morgan fingerprint density at radius 2 is 2.00 bits per heavy atom. The third-order valence-corrected chi connectivity index (χ3v) is 2.51. The zero-order valence-electron chi connectivity index (χ0n) is 7.11. The number of ether oxygens (including phenoxy) is 1. The lowest BCUT2D eigenvalue weighted by atomic mass is 9.92. The molecule has 0 saturated heterocycles. The molecule has 1 aromatic carbocycles. The van der Waals surface area contributed by atoms with Gasteiger partial charge in [-0.3, -0.25) is 0 Å². The Morgan fingerprint density at radius 1 is 1.31 bits per heavy atom. The Balaban J connectivity index is 1.98. The van der Waals surface area contributed by atoms with Crippen molar-refractivity contribution in [2.75, 3.05) is 0 Å². The highest BCUT2D eigenvalue weighted by Crippen LogP contribution is 2.30. The molecule has 0 atom stereocenters. The van der Waals surface area contributed by atoms with Crippen LogP contribution in [0.1, 0.15) is 12.8 Å². The largest absolute Gasteiger partial charge is 0.489 e. The van der Waals surface area contributed by atoms with Gasteiger partial charge in [0.15, 0.2) is 0 Å². The number of hydrogen-bond donors (Lipinski definition) is 1. The highest BCUT2D eigenvalue weighted by atomic mass is 35.5. The fourth-order valence-corrected chi connectivity index (χ4v) is 1.53. The summed E-state index contributed by atoms with van der Waals surface area (Å²) < 4.78 is 5.56. The summed E-state index contributed by atoms with van der Waals surface area (Å²) in [5.41, 5.74) is 0. The second kappa shape index (κ2) is 3.56. The lowest BCUT2D eigenvalue weighted by Crippen LogP contribution is -2.37. The van der Waals surface area contributed by atoms with E-state index < -0.39 is 0 Å². The van der Waals surface area contributed by atoms with Crippen LogP contribution in [0.3, 0.4) is 0 Å². The molecular weight excluding hydrogens is 188 g/mol. The van der Waals surface area contributed by atoms with Gasteiger partial charge in [0.25, 0.3) is 0 Å². The number of benzene rings is 1. The maximum absolute atomic E-state index is 9.05. The van der Waals surface area contributed by atoms with Gasteiger partial charge in [-0.1, -0.05) is 23.7 Å². The molecule has 70 valence electrons. The van der Waals surface area contributed by atoms with E-state index in [4.69, 9.17) is 21.4 Å². The van der Waals surface area contributed by atoms with Gasteiger partial charge in [0.1, 0.15) is 11.9 Å². The molecule has 0 amide bonds. The monoisotopic (exact) mass is 198 g/mol. The Hall–Kier alpha value is -0.730. The molecule has 0 aliphatic heterocycles. The van der Waals surface area contributed by atoms with Crippen LogP contribution < -0.4 is 4.74 Å². The molecule has 1 aliphatic rings. The van der Waals surface area contributed by atoms with Crippen LogP contribution in [0.15, 0.2) is 24.3 Å². The van der Waals surface area contributed by atoms with Crippen LogP contribution in [0.25, 0.3) is 0 Å². The minimum Gasteiger partial charge on any atom is -0.489 e. The molecule has 1 aliphatic carbocycles. The number of aliphatic hydroxyl groups is 1. The highest BCUT2D eigenvalue weighted by molar-refractivity contribution is 6.32. The second-order valence-electron chi connectivity index (χ2n) is 3.30. The average Bonchev–Trinajstić information content (AvgIpc) is 2.06. The summed E-state index contributed by atoms with van der Waals surface area (Å²) in [6.45, 7) is 0. The van der Waals surface area contributed by atoms with Crippen LogP contribution in [-0.2, 0) is 0 Å². The summed E-state index contributed by atoms with van der Waals surface area (Å²) in [6.07, 6.45) is 1.37. The van der Waals surface area contributed by atoms with Crippen LogP contribution >= 0.6 is 11.6 Å². The number of halogens is 1. The Bertz CT molecular complexity index is 295. The molecule has 0 spiro atoms. The van der Waals surface area contributed by atoms with Gasteiger partial charge in [-0.2, -0.15) is 0 Å². The Labute approximate surface area is 82.1 Å². The van der Waals surface area contributed by atoms with Crippen LogP contribution in [0.5, 0.6) is 5.75 Å². The summed E-state index contributed by atoms with van der Waals surface area (Å²) in [4.78, 5) is 0. The van der Waals surface area contributed by atoms with E-state index in [1.807, 2.05) is 18.2 Å². The molecule has 0 radical (unpaired) electrons. The molecule has 0 bridgehead atoms. The maximum Gasteiger partial charge on any atom is 0.138 e. The summed E-state index contributed by atoms with van der Waals surface area (Å²) >= 11 is 5.90.